The number of para-hydroxylation sites is 1. The first kappa shape index (κ1) is 21.5. The van der Waals surface area contributed by atoms with E-state index in [1.165, 1.54) is 3.51 Å². The number of carbonyl (C=O) groups excluding carboxylic acids is 1. The van der Waals surface area contributed by atoms with Crippen molar-refractivity contribution in [1.82, 2.24) is 9.88 Å². The Morgan fingerprint density at radius 1 is 1.10 bits per heavy atom. The Bertz CT molecular complexity index is 1260. The molecule has 0 fully saturated rings. The number of amides is 1. The quantitative estimate of drug-likeness (QED) is 0.438. The van der Waals surface area contributed by atoms with Gasteiger partial charge >= 0.3 is 0 Å². The van der Waals surface area contributed by atoms with Crippen LogP contribution in [0.25, 0.3) is 10.9 Å². The zero-order chi connectivity index (χ0) is 21.6. The van der Waals surface area contributed by atoms with Crippen molar-refractivity contribution in [2.24, 2.45) is 0 Å². The molecule has 0 spiro atoms. The summed E-state index contributed by atoms with van der Waals surface area (Å²) in [4.78, 5) is 26.0. The topological polar surface area (TPSA) is 60.3 Å². The Balaban J connectivity index is 1.60. The fourth-order valence-corrected chi connectivity index (χ4v) is 5.12. The van der Waals surface area contributed by atoms with Crippen LogP contribution in [0.4, 0.5) is 0 Å². The molecule has 1 aliphatic rings. The fourth-order valence-electron chi connectivity index (χ4n) is 3.21. The van der Waals surface area contributed by atoms with Crippen molar-refractivity contribution in [1.29, 1.82) is 0 Å². The molecule has 1 N–H and O–H groups in total. The van der Waals surface area contributed by atoms with Gasteiger partial charge in [0.1, 0.15) is 17.9 Å². The van der Waals surface area contributed by atoms with Crippen LogP contribution >= 0.6 is 32.3 Å². The van der Waals surface area contributed by atoms with Crippen LogP contribution in [0.1, 0.15) is 10.4 Å². The summed E-state index contributed by atoms with van der Waals surface area (Å²) in [6.45, 7) is 1.03. The minimum atomic E-state index is -0.376. The Kier molecular flexibility index (Phi) is 6.99. The molecule has 31 heavy (non-hydrogen) atoms. The van der Waals surface area contributed by atoms with Crippen LogP contribution < -0.4 is 15.6 Å². The van der Waals surface area contributed by atoms with Gasteiger partial charge < -0.3 is 14.6 Å². The third-order valence-corrected chi connectivity index (χ3v) is 7.26. The second-order valence-corrected chi connectivity index (χ2v) is 9.96. The van der Waals surface area contributed by atoms with Gasteiger partial charge in [0, 0.05) is 15.1 Å². The average Bonchev–Trinajstić information content (AvgIpc) is 2.80. The standard InChI is InChI=1S/C24H20ClIN2O3/c25-18-10-9-17-14-21(23(29)27-16-19-6-4-5-11-26-19)24(30)28(22(17)15-18)12-13-31-20-7-2-1-3-8-20/h1-11,14-15H,12-13,16H2,(H,27,29). The zero-order valence-corrected chi connectivity index (χ0v) is 19.5. The van der Waals surface area contributed by atoms with Crippen LogP contribution in [0.15, 0.2) is 81.7 Å². The number of pyridine rings is 1. The van der Waals surface area contributed by atoms with E-state index in [2.05, 4.69) is 9.40 Å². The Morgan fingerprint density at radius 2 is 1.94 bits per heavy atom. The van der Waals surface area contributed by atoms with Crippen molar-refractivity contribution in [2.45, 2.75) is 6.54 Å². The molecule has 1 amide bonds. The van der Waals surface area contributed by atoms with Gasteiger partial charge in [0.15, 0.2) is 0 Å². The summed E-state index contributed by atoms with van der Waals surface area (Å²) >= 11 is 5.96. The number of aromatic nitrogens is 1. The molecule has 0 unspecified atom stereocenters. The molecule has 2 aromatic carbocycles. The molecular formula is C24H20ClIN2O3. The second-order valence-electron chi connectivity index (χ2n) is 6.80. The molecule has 0 atom stereocenters. The van der Waals surface area contributed by atoms with Crippen LogP contribution in [-0.4, -0.2) is 27.1 Å². The molecule has 158 valence electrons. The Labute approximate surface area is 194 Å². The maximum absolute atomic E-state index is 13.2. The number of hydrogen-bond acceptors (Lipinski definition) is 3. The molecule has 0 saturated carbocycles. The third kappa shape index (κ3) is 5.32. The van der Waals surface area contributed by atoms with E-state index in [9.17, 15) is 9.59 Å². The Morgan fingerprint density at radius 3 is 2.71 bits per heavy atom. The van der Waals surface area contributed by atoms with Crippen molar-refractivity contribution in [2.75, 3.05) is 13.2 Å². The van der Waals surface area contributed by atoms with Crippen molar-refractivity contribution >= 4 is 52.7 Å². The molecule has 7 heteroatoms. The summed E-state index contributed by atoms with van der Waals surface area (Å²) in [5.41, 5.74) is 0.428. The van der Waals surface area contributed by atoms with E-state index in [1.54, 1.807) is 22.8 Å². The van der Waals surface area contributed by atoms with Crippen LogP contribution in [-0.2, 0) is 6.54 Å². The smallest absolute Gasteiger partial charge is 0.264 e. The number of rotatable bonds is 7. The van der Waals surface area contributed by atoms with Crippen LogP contribution in [0.2, 0.25) is 5.02 Å². The molecular weight excluding hydrogens is 527 g/mol. The van der Waals surface area contributed by atoms with Crippen molar-refractivity contribution in [3.63, 3.8) is 0 Å². The summed E-state index contributed by atoms with van der Waals surface area (Å²) in [5.74, 6) is 0.348. The highest BCUT2D eigenvalue weighted by molar-refractivity contribution is 14.2. The van der Waals surface area contributed by atoms with Gasteiger partial charge in [0.2, 0.25) is 0 Å². The predicted octanol–water partition coefficient (Wildman–Crippen LogP) is 4.69. The number of hydrogen-bond donors (Lipinski definition) is 1. The van der Waals surface area contributed by atoms with Gasteiger partial charge in [0.05, 0.1) is 12.1 Å². The summed E-state index contributed by atoms with van der Waals surface area (Å²) in [5, 5.41) is 4.19. The molecule has 2 heterocycles. The summed E-state index contributed by atoms with van der Waals surface area (Å²) < 4.78 is 10.7. The van der Waals surface area contributed by atoms with E-state index in [-0.39, 0.29) is 44.4 Å². The molecule has 0 saturated heterocycles. The highest BCUT2D eigenvalue weighted by Crippen LogP contribution is 2.20. The van der Waals surface area contributed by atoms with E-state index in [0.29, 0.717) is 23.6 Å². The van der Waals surface area contributed by atoms with Crippen molar-refractivity contribution < 1.29 is 9.53 Å². The number of halogens is 2. The largest absolute Gasteiger partial charge is 0.492 e. The van der Waals surface area contributed by atoms with Gasteiger partial charge in [-0.25, -0.2) is 0 Å². The van der Waals surface area contributed by atoms with Gasteiger partial charge in [0.25, 0.3) is 11.5 Å². The zero-order valence-electron chi connectivity index (χ0n) is 16.6. The summed E-state index contributed by atoms with van der Waals surface area (Å²) in [7, 11) is 0. The maximum Gasteiger partial charge on any atom is 0.264 e. The first-order valence-electron chi connectivity index (χ1n) is 9.73. The monoisotopic (exact) mass is 546 g/mol. The Hall–Kier alpha value is -2.71. The van der Waals surface area contributed by atoms with E-state index in [1.807, 2.05) is 54.6 Å². The summed E-state index contributed by atoms with van der Waals surface area (Å²) in [6.07, 6.45) is 6.00. The second kappa shape index (κ2) is 10.1. The number of nitrogens with zero attached hydrogens (tertiary/aromatic N) is 1. The number of allylic oxidation sites excluding steroid dienone is 2. The van der Waals surface area contributed by atoms with Crippen molar-refractivity contribution in [3.05, 3.63) is 97.8 Å². The number of ether oxygens (including phenoxy) is 1. The SMILES string of the molecule is O=C(NCC1=IC=CC=C1)c1cc2ccc(Cl)cc2n(CCOc2ccccc2)c1=O. The third-order valence-electron chi connectivity index (χ3n) is 4.71. The fraction of sp³-hybridized carbons (Fsp3) is 0.125. The van der Waals surface area contributed by atoms with Crippen LogP contribution in [0.5, 0.6) is 5.75 Å². The van der Waals surface area contributed by atoms with Crippen LogP contribution in [0, 0.1) is 0 Å². The van der Waals surface area contributed by atoms with Gasteiger partial charge in [-0.15, -0.1) is 0 Å². The summed E-state index contributed by atoms with van der Waals surface area (Å²) in [6, 6.07) is 16.3. The minimum absolute atomic E-state index is 0.115. The van der Waals surface area contributed by atoms with E-state index >= 15 is 0 Å². The first-order chi connectivity index (χ1) is 15.1. The van der Waals surface area contributed by atoms with Crippen LogP contribution in [0.3, 0.4) is 0 Å². The molecule has 3 aromatic rings. The molecule has 4 rings (SSSR count). The molecule has 0 aliphatic carbocycles. The normalized spacial score (nSPS) is 12.9. The molecule has 1 aromatic heterocycles. The molecule has 1 aliphatic heterocycles. The van der Waals surface area contributed by atoms with Crippen molar-refractivity contribution in [3.8, 4) is 5.75 Å². The highest BCUT2D eigenvalue weighted by atomic mass is 127. The lowest BCUT2D eigenvalue weighted by Gasteiger charge is -2.14. The maximum atomic E-state index is 13.2. The van der Waals surface area contributed by atoms with Gasteiger partial charge in [-0.1, -0.05) is 74.8 Å². The number of nitrogens with one attached hydrogen (secondary N) is 1. The predicted molar refractivity (Wildman–Crippen MR) is 135 cm³/mol. The highest BCUT2D eigenvalue weighted by Gasteiger charge is 2.16. The van der Waals surface area contributed by atoms with E-state index in [0.717, 1.165) is 11.1 Å². The van der Waals surface area contributed by atoms with Gasteiger partial charge in [-0.2, -0.15) is 0 Å². The lowest BCUT2D eigenvalue weighted by atomic mass is 10.1. The lowest BCUT2D eigenvalue weighted by molar-refractivity contribution is 0.0957. The lowest BCUT2D eigenvalue weighted by Crippen LogP contribution is -2.35. The van der Waals surface area contributed by atoms with E-state index in [4.69, 9.17) is 16.3 Å². The molecule has 5 nitrogen and oxygen atoms in total. The molecule has 0 radical (unpaired) electrons. The number of benzene rings is 2. The number of fused-ring (bicyclic) bond motifs is 1. The molecule has 0 bridgehead atoms. The minimum Gasteiger partial charge on any atom is -0.492 e. The van der Waals surface area contributed by atoms with Gasteiger partial charge in [-0.05, 0) is 39.8 Å². The van der Waals surface area contributed by atoms with E-state index < -0.39 is 0 Å². The average molecular weight is 547 g/mol. The van der Waals surface area contributed by atoms with Gasteiger partial charge in [-0.3, -0.25) is 9.59 Å². The first-order valence-corrected chi connectivity index (χ1v) is 12.4. The number of carbonyl (C=O) groups is 1.